The lowest BCUT2D eigenvalue weighted by molar-refractivity contribution is -0.152. The Morgan fingerprint density at radius 3 is 2.74 bits per heavy atom. The molecule has 2 aliphatic heterocycles. The lowest BCUT2D eigenvalue weighted by atomic mass is 10.0. The molecule has 0 saturated carbocycles. The predicted octanol–water partition coefficient (Wildman–Crippen LogP) is 3.87. The van der Waals surface area contributed by atoms with Gasteiger partial charge in [0.2, 0.25) is 5.91 Å². The topological polar surface area (TPSA) is 78.6 Å². The summed E-state index contributed by atoms with van der Waals surface area (Å²) in [6.45, 7) is 7.05. The number of ether oxygens (including phenoxy) is 1. The van der Waals surface area contributed by atoms with E-state index in [1.807, 2.05) is 34.9 Å². The maximum absolute atomic E-state index is 13.3. The number of carbonyl (C=O) groups excluding carboxylic acids is 2. The van der Waals surface area contributed by atoms with Crippen molar-refractivity contribution >= 4 is 22.8 Å². The summed E-state index contributed by atoms with van der Waals surface area (Å²) in [5.41, 5.74) is 3.04. The number of rotatable bonds is 8. The van der Waals surface area contributed by atoms with Gasteiger partial charge in [-0.2, -0.15) is 5.26 Å². The van der Waals surface area contributed by atoms with Crippen molar-refractivity contribution in [1.29, 1.82) is 5.26 Å². The number of piperidine rings is 1. The highest BCUT2D eigenvalue weighted by atomic mass is 16.5. The van der Waals surface area contributed by atoms with Gasteiger partial charge in [-0.15, -0.1) is 0 Å². The summed E-state index contributed by atoms with van der Waals surface area (Å²) in [4.78, 5) is 29.8. The average molecular weight is 465 g/mol. The highest BCUT2D eigenvalue weighted by molar-refractivity contribution is 5.83. The molecule has 7 heteroatoms. The Kier molecular flexibility index (Phi) is 7.89. The fourth-order valence-electron chi connectivity index (χ4n) is 5.69. The minimum absolute atomic E-state index is 0.133. The first-order chi connectivity index (χ1) is 16.5. The van der Waals surface area contributed by atoms with Crippen molar-refractivity contribution in [2.45, 2.75) is 77.4 Å². The number of amides is 1. The van der Waals surface area contributed by atoms with Gasteiger partial charge in [0.15, 0.2) is 0 Å². The van der Waals surface area contributed by atoms with E-state index in [4.69, 9.17) is 4.74 Å². The first-order valence-electron chi connectivity index (χ1n) is 12.8. The van der Waals surface area contributed by atoms with Crippen molar-refractivity contribution in [3.63, 3.8) is 0 Å². The van der Waals surface area contributed by atoms with Crippen LogP contribution in [0.25, 0.3) is 10.9 Å². The molecule has 4 rings (SSSR count). The van der Waals surface area contributed by atoms with Crippen molar-refractivity contribution in [3.05, 3.63) is 35.5 Å². The number of carbonyl (C=O) groups is 2. The molecule has 0 spiro atoms. The molecule has 7 nitrogen and oxygen atoms in total. The lowest BCUT2D eigenvalue weighted by Gasteiger charge is -2.35. The molecule has 2 fully saturated rings. The van der Waals surface area contributed by atoms with Crippen molar-refractivity contribution in [2.24, 2.45) is 0 Å². The molecular formula is C27H36N4O3. The van der Waals surface area contributed by atoms with E-state index in [1.54, 1.807) is 0 Å². The zero-order valence-electron chi connectivity index (χ0n) is 20.5. The smallest absolute Gasteiger partial charge is 0.323 e. The fourth-order valence-corrected chi connectivity index (χ4v) is 5.69. The molecule has 34 heavy (non-hydrogen) atoms. The van der Waals surface area contributed by atoms with Crippen LogP contribution in [0, 0.1) is 11.3 Å². The minimum atomic E-state index is -0.294. The van der Waals surface area contributed by atoms with E-state index in [1.165, 1.54) is 5.69 Å². The molecule has 182 valence electrons. The summed E-state index contributed by atoms with van der Waals surface area (Å²) in [5, 5.41) is 10.4. The summed E-state index contributed by atoms with van der Waals surface area (Å²) in [6, 6.07) is 10.2. The Labute approximate surface area is 202 Å². The van der Waals surface area contributed by atoms with Gasteiger partial charge >= 0.3 is 5.97 Å². The van der Waals surface area contributed by atoms with E-state index in [9.17, 15) is 14.9 Å². The number of hydrogen-bond donors (Lipinski definition) is 0. The van der Waals surface area contributed by atoms with Gasteiger partial charge in [0, 0.05) is 30.3 Å². The average Bonchev–Trinajstić information content (AvgIpc) is 3.46. The number of nitrogens with zero attached hydrogens (tertiary/aromatic N) is 4. The second-order valence-electron chi connectivity index (χ2n) is 9.42. The molecule has 0 bridgehead atoms. The minimum Gasteiger partial charge on any atom is -0.465 e. The third-order valence-electron chi connectivity index (χ3n) is 7.38. The first-order valence-corrected chi connectivity index (χ1v) is 12.8. The van der Waals surface area contributed by atoms with Gasteiger partial charge in [0.25, 0.3) is 0 Å². The molecule has 0 aliphatic carbocycles. The van der Waals surface area contributed by atoms with E-state index < -0.39 is 0 Å². The number of nitriles is 1. The van der Waals surface area contributed by atoms with Gasteiger partial charge in [-0.05, 0) is 82.5 Å². The molecule has 2 atom stereocenters. The van der Waals surface area contributed by atoms with Gasteiger partial charge in [-0.1, -0.05) is 12.5 Å². The molecule has 0 N–H and O–H groups in total. The SMILES string of the molecule is CCOC(=O)C1CCCCN1CC(=O)N1CCCC1CCc1cc2ccc(C#N)cc2n1CC. The quantitative estimate of drug-likeness (QED) is 0.554. The maximum Gasteiger partial charge on any atom is 0.323 e. The molecule has 2 unspecified atom stereocenters. The lowest BCUT2D eigenvalue weighted by Crippen LogP contribution is -2.51. The van der Waals surface area contributed by atoms with E-state index in [0.29, 0.717) is 18.7 Å². The van der Waals surface area contributed by atoms with Gasteiger partial charge in [-0.3, -0.25) is 14.5 Å². The van der Waals surface area contributed by atoms with Crippen LogP contribution < -0.4 is 0 Å². The maximum atomic E-state index is 13.3. The molecule has 1 aromatic heterocycles. The normalized spacial score (nSPS) is 21.0. The summed E-state index contributed by atoms with van der Waals surface area (Å²) >= 11 is 0. The summed E-state index contributed by atoms with van der Waals surface area (Å²) in [5.74, 6) is -0.0617. The number of likely N-dealkylation sites (tertiary alicyclic amines) is 2. The van der Waals surface area contributed by atoms with Crippen LogP contribution in [0.2, 0.25) is 0 Å². The molecule has 0 radical (unpaired) electrons. The van der Waals surface area contributed by atoms with Crippen molar-refractivity contribution in [1.82, 2.24) is 14.4 Å². The molecule has 2 aliphatic rings. The molecule has 2 aromatic rings. The third kappa shape index (κ3) is 5.12. The van der Waals surface area contributed by atoms with Gasteiger partial charge in [-0.25, -0.2) is 0 Å². The highest BCUT2D eigenvalue weighted by Gasteiger charge is 2.34. The van der Waals surface area contributed by atoms with E-state index in [-0.39, 0.29) is 24.0 Å². The van der Waals surface area contributed by atoms with E-state index in [2.05, 4.69) is 23.6 Å². The van der Waals surface area contributed by atoms with Gasteiger partial charge < -0.3 is 14.2 Å². The number of fused-ring (bicyclic) bond motifs is 1. The number of aryl methyl sites for hydroxylation is 2. The van der Waals surface area contributed by atoms with Crippen LogP contribution in [0.4, 0.5) is 0 Å². The molecular weight excluding hydrogens is 428 g/mol. The molecule has 1 aromatic carbocycles. The van der Waals surface area contributed by atoms with Crippen LogP contribution >= 0.6 is 0 Å². The van der Waals surface area contributed by atoms with Crippen LogP contribution in [0.1, 0.15) is 63.6 Å². The first kappa shape index (κ1) is 24.3. The number of hydrogen-bond acceptors (Lipinski definition) is 5. The molecule has 2 saturated heterocycles. The number of aromatic nitrogens is 1. The Hall–Kier alpha value is -2.85. The Bertz CT molecular complexity index is 1070. The van der Waals surface area contributed by atoms with Crippen molar-refractivity contribution in [3.8, 4) is 6.07 Å². The largest absolute Gasteiger partial charge is 0.465 e. The Morgan fingerprint density at radius 2 is 1.97 bits per heavy atom. The molecule has 1 amide bonds. The number of benzene rings is 1. The van der Waals surface area contributed by atoms with E-state index >= 15 is 0 Å². The Morgan fingerprint density at radius 1 is 1.12 bits per heavy atom. The van der Waals surface area contributed by atoms with Crippen LogP contribution in [-0.4, -0.2) is 64.6 Å². The molecule has 3 heterocycles. The summed E-state index contributed by atoms with van der Waals surface area (Å²) in [6.07, 6.45) is 6.66. The zero-order valence-corrected chi connectivity index (χ0v) is 20.5. The van der Waals surface area contributed by atoms with Crippen LogP contribution in [0.5, 0.6) is 0 Å². The Balaban J connectivity index is 1.41. The predicted molar refractivity (Wildman–Crippen MR) is 131 cm³/mol. The van der Waals surface area contributed by atoms with Crippen LogP contribution in [0.3, 0.4) is 0 Å². The summed E-state index contributed by atoms with van der Waals surface area (Å²) < 4.78 is 7.55. The second-order valence-corrected chi connectivity index (χ2v) is 9.42. The highest BCUT2D eigenvalue weighted by Crippen LogP contribution is 2.27. The monoisotopic (exact) mass is 464 g/mol. The second kappa shape index (κ2) is 11.1. The number of esters is 1. The van der Waals surface area contributed by atoms with Crippen molar-refractivity contribution < 1.29 is 14.3 Å². The zero-order chi connectivity index (χ0) is 24.1. The van der Waals surface area contributed by atoms with E-state index in [0.717, 1.165) is 75.5 Å². The van der Waals surface area contributed by atoms with Gasteiger partial charge in [0.1, 0.15) is 6.04 Å². The van der Waals surface area contributed by atoms with Crippen molar-refractivity contribution in [2.75, 3.05) is 26.2 Å². The standard InChI is InChI=1S/C27H36N4O3/c1-3-30-23(17-21-11-10-20(18-28)16-25(21)30)13-12-22-8-7-15-31(22)26(32)19-29-14-6-5-9-24(29)27(33)34-4-2/h10-11,16-17,22,24H,3-9,12-15,19H2,1-2H3. The van der Waals surface area contributed by atoms with Crippen LogP contribution in [0.15, 0.2) is 24.3 Å². The fraction of sp³-hybridized carbons (Fsp3) is 0.593. The van der Waals surface area contributed by atoms with Crippen LogP contribution in [-0.2, 0) is 27.3 Å². The van der Waals surface area contributed by atoms with Gasteiger partial charge in [0.05, 0.1) is 24.8 Å². The third-order valence-corrected chi connectivity index (χ3v) is 7.38. The summed E-state index contributed by atoms with van der Waals surface area (Å²) in [7, 11) is 0.